The van der Waals surface area contributed by atoms with Crippen LogP contribution in [0.2, 0.25) is 0 Å². The van der Waals surface area contributed by atoms with E-state index in [0.29, 0.717) is 0 Å². The molecule has 2 N–H and O–H groups in total. The van der Waals surface area contributed by atoms with Gasteiger partial charge in [-0.25, -0.2) is 0 Å². The molecule has 0 radical (unpaired) electrons. The minimum Gasteiger partial charge on any atom is -0.481 e. The Kier molecular flexibility index (Phi) is 5.86. The van der Waals surface area contributed by atoms with E-state index < -0.39 is 5.97 Å². The summed E-state index contributed by atoms with van der Waals surface area (Å²) in [7, 11) is 0. The highest BCUT2D eigenvalue weighted by Gasteiger charge is 2.17. The zero-order valence-corrected chi connectivity index (χ0v) is 9.51. The topological polar surface area (TPSA) is 57.5 Å². The molecule has 0 saturated carbocycles. The normalized spacial score (nSPS) is 24.3. The van der Waals surface area contributed by atoms with Crippen LogP contribution >= 0.6 is 0 Å². The van der Waals surface area contributed by atoms with Crippen molar-refractivity contribution in [2.24, 2.45) is 5.92 Å². The first kappa shape index (κ1) is 13.0. The van der Waals surface area contributed by atoms with E-state index in [1.54, 1.807) is 0 Å². The fourth-order valence-electron chi connectivity index (χ4n) is 1.84. The standard InChI is InChI=1S/C13H20O3/c14-12-9-6-8-11(12)7-4-2-1-3-5-10-13(15)16/h2,4,6,8,11-12,14H,1,3,5,7,9-10H2,(H,15,16). The molecule has 2 unspecified atom stereocenters. The van der Waals surface area contributed by atoms with Gasteiger partial charge >= 0.3 is 5.97 Å². The average molecular weight is 224 g/mol. The molecule has 0 fully saturated rings. The summed E-state index contributed by atoms with van der Waals surface area (Å²) in [5.74, 6) is -0.446. The largest absolute Gasteiger partial charge is 0.481 e. The van der Waals surface area contributed by atoms with Crippen LogP contribution in [0, 0.1) is 5.92 Å². The minimum atomic E-state index is -0.719. The van der Waals surface area contributed by atoms with Crippen molar-refractivity contribution in [2.45, 2.75) is 44.6 Å². The molecule has 0 amide bonds. The number of carboxylic acids is 1. The molecule has 0 aromatic rings. The summed E-state index contributed by atoms with van der Waals surface area (Å²) in [6.45, 7) is 0. The second kappa shape index (κ2) is 7.23. The molecule has 3 nitrogen and oxygen atoms in total. The van der Waals surface area contributed by atoms with Gasteiger partial charge in [-0.2, -0.15) is 0 Å². The number of aliphatic hydroxyl groups is 1. The summed E-state index contributed by atoms with van der Waals surface area (Å²) in [6, 6.07) is 0. The number of carboxylic acid groups (broad SMARTS) is 1. The van der Waals surface area contributed by atoms with E-state index in [4.69, 9.17) is 5.11 Å². The van der Waals surface area contributed by atoms with Crippen molar-refractivity contribution in [3.05, 3.63) is 24.3 Å². The van der Waals surface area contributed by atoms with E-state index >= 15 is 0 Å². The quantitative estimate of drug-likeness (QED) is 0.516. The number of aliphatic hydroxyl groups excluding tert-OH is 1. The third-order valence-corrected chi connectivity index (χ3v) is 2.84. The van der Waals surface area contributed by atoms with Gasteiger partial charge in [0.1, 0.15) is 0 Å². The van der Waals surface area contributed by atoms with Crippen LogP contribution in [0.3, 0.4) is 0 Å². The molecule has 16 heavy (non-hydrogen) atoms. The van der Waals surface area contributed by atoms with Crippen LogP contribution in [-0.4, -0.2) is 22.3 Å². The van der Waals surface area contributed by atoms with Gasteiger partial charge in [-0.1, -0.05) is 24.3 Å². The second-order valence-corrected chi connectivity index (χ2v) is 4.24. The van der Waals surface area contributed by atoms with Gasteiger partial charge in [-0.05, 0) is 32.1 Å². The van der Waals surface area contributed by atoms with Crippen LogP contribution < -0.4 is 0 Å². The molecule has 0 heterocycles. The Balaban J connectivity index is 2.00. The van der Waals surface area contributed by atoms with Crippen molar-refractivity contribution in [1.82, 2.24) is 0 Å². The van der Waals surface area contributed by atoms with E-state index in [9.17, 15) is 9.90 Å². The van der Waals surface area contributed by atoms with Gasteiger partial charge in [-0.3, -0.25) is 4.79 Å². The number of unbranched alkanes of at least 4 members (excludes halogenated alkanes) is 2. The maximum atomic E-state index is 10.2. The fraction of sp³-hybridized carbons (Fsp3) is 0.615. The molecule has 0 aromatic carbocycles. The highest BCUT2D eigenvalue weighted by Crippen LogP contribution is 2.21. The Bertz CT molecular complexity index is 268. The van der Waals surface area contributed by atoms with Gasteiger partial charge in [-0.15, -0.1) is 0 Å². The minimum absolute atomic E-state index is 0.211. The summed E-state index contributed by atoms with van der Waals surface area (Å²) in [5, 5.41) is 18.0. The number of hydrogen-bond acceptors (Lipinski definition) is 2. The first-order valence-corrected chi connectivity index (χ1v) is 5.91. The second-order valence-electron chi connectivity index (χ2n) is 4.24. The maximum Gasteiger partial charge on any atom is 0.303 e. The first-order valence-electron chi connectivity index (χ1n) is 5.91. The molecule has 2 atom stereocenters. The van der Waals surface area contributed by atoms with Crippen molar-refractivity contribution in [3.63, 3.8) is 0 Å². The predicted molar refractivity (Wildman–Crippen MR) is 63.1 cm³/mol. The Morgan fingerprint density at radius 3 is 2.81 bits per heavy atom. The molecule has 0 spiro atoms. The zero-order valence-electron chi connectivity index (χ0n) is 9.51. The highest BCUT2D eigenvalue weighted by molar-refractivity contribution is 5.66. The van der Waals surface area contributed by atoms with Crippen LogP contribution in [0.25, 0.3) is 0 Å². The predicted octanol–water partition coefficient (Wildman–Crippen LogP) is 2.51. The molecular formula is C13H20O3. The molecular weight excluding hydrogens is 204 g/mol. The zero-order chi connectivity index (χ0) is 11.8. The van der Waals surface area contributed by atoms with Crippen LogP contribution in [-0.2, 0) is 4.79 Å². The number of hydrogen-bond donors (Lipinski definition) is 2. The highest BCUT2D eigenvalue weighted by atomic mass is 16.4. The molecule has 0 saturated heterocycles. The Labute approximate surface area is 96.5 Å². The van der Waals surface area contributed by atoms with Crippen LogP contribution in [0.5, 0.6) is 0 Å². The van der Waals surface area contributed by atoms with E-state index in [2.05, 4.69) is 18.2 Å². The number of rotatable bonds is 7. The monoisotopic (exact) mass is 224 g/mol. The van der Waals surface area contributed by atoms with Gasteiger partial charge in [0.05, 0.1) is 6.10 Å². The van der Waals surface area contributed by atoms with Gasteiger partial charge in [0.25, 0.3) is 0 Å². The van der Waals surface area contributed by atoms with Gasteiger partial charge in [0, 0.05) is 12.3 Å². The Morgan fingerprint density at radius 2 is 2.19 bits per heavy atom. The van der Waals surface area contributed by atoms with E-state index in [1.165, 1.54) is 0 Å². The number of allylic oxidation sites excluding steroid dienone is 2. The molecule has 1 rings (SSSR count). The first-order chi connectivity index (χ1) is 7.70. The van der Waals surface area contributed by atoms with Crippen molar-refractivity contribution in [3.8, 4) is 0 Å². The lowest BCUT2D eigenvalue weighted by atomic mass is 10.0. The van der Waals surface area contributed by atoms with Gasteiger partial charge < -0.3 is 10.2 Å². The van der Waals surface area contributed by atoms with Crippen molar-refractivity contribution >= 4 is 5.97 Å². The fourth-order valence-corrected chi connectivity index (χ4v) is 1.84. The summed E-state index contributed by atoms with van der Waals surface area (Å²) in [5.41, 5.74) is 0. The lowest BCUT2D eigenvalue weighted by Gasteiger charge is -2.10. The lowest BCUT2D eigenvalue weighted by Crippen LogP contribution is -2.12. The summed E-state index contributed by atoms with van der Waals surface area (Å²) in [6.07, 6.45) is 12.6. The molecule has 3 heteroatoms. The van der Waals surface area contributed by atoms with E-state index in [0.717, 1.165) is 32.1 Å². The third kappa shape index (κ3) is 5.12. The molecule has 0 aliphatic heterocycles. The smallest absolute Gasteiger partial charge is 0.303 e. The van der Waals surface area contributed by atoms with Crippen LogP contribution in [0.4, 0.5) is 0 Å². The third-order valence-electron chi connectivity index (χ3n) is 2.84. The average Bonchev–Trinajstić information content (AvgIpc) is 2.62. The molecule has 0 aromatic heterocycles. The summed E-state index contributed by atoms with van der Waals surface area (Å²) < 4.78 is 0. The Hall–Kier alpha value is -1.09. The molecule has 1 aliphatic rings. The molecule has 0 bridgehead atoms. The van der Waals surface area contributed by atoms with Crippen LogP contribution in [0.15, 0.2) is 24.3 Å². The maximum absolute atomic E-state index is 10.2. The van der Waals surface area contributed by atoms with Crippen molar-refractivity contribution in [1.29, 1.82) is 0 Å². The van der Waals surface area contributed by atoms with Gasteiger partial charge in [0.15, 0.2) is 0 Å². The van der Waals surface area contributed by atoms with Gasteiger partial charge in [0.2, 0.25) is 0 Å². The number of carbonyl (C=O) groups is 1. The number of aliphatic carboxylic acids is 1. The summed E-state index contributed by atoms with van der Waals surface area (Å²) in [4.78, 5) is 10.2. The van der Waals surface area contributed by atoms with E-state index in [1.807, 2.05) is 6.08 Å². The summed E-state index contributed by atoms with van der Waals surface area (Å²) >= 11 is 0. The Morgan fingerprint density at radius 1 is 1.38 bits per heavy atom. The van der Waals surface area contributed by atoms with Crippen molar-refractivity contribution < 1.29 is 15.0 Å². The van der Waals surface area contributed by atoms with Crippen molar-refractivity contribution in [2.75, 3.05) is 0 Å². The lowest BCUT2D eigenvalue weighted by molar-refractivity contribution is -0.137. The molecule has 1 aliphatic carbocycles. The SMILES string of the molecule is O=C(O)CCCCC=CCC1C=CCC1O. The van der Waals surface area contributed by atoms with Crippen LogP contribution in [0.1, 0.15) is 38.5 Å². The van der Waals surface area contributed by atoms with E-state index in [-0.39, 0.29) is 18.4 Å². The molecule has 90 valence electrons.